The minimum Gasteiger partial charge on any atom is -0.480 e. The van der Waals surface area contributed by atoms with Crippen molar-refractivity contribution >= 4 is 29.6 Å². The molecular weight excluding hydrogens is 385 g/mol. The topological polar surface area (TPSA) is 133 Å². The van der Waals surface area contributed by atoms with Crippen LogP contribution in [0.3, 0.4) is 0 Å². The van der Waals surface area contributed by atoms with E-state index >= 15 is 0 Å². The van der Waals surface area contributed by atoms with Crippen LogP contribution in [-0.2, 0) is 19.2 Å². The van der Waals surface area contributed by atoms with Gasteiger partial charge >= 0.3 is 5.97 Å². The third-order valence-corrected chi connectivity index (χ3v) is 4.17. The van der Waals surface area contributed by atoms with E-state index in [-0.39, 0.29) is 18.5 Å². The Morgan fingerprint density at radius 2 is 1.66 bits per heavy atom. The third kappa shape index (κ3) is 6.52. The number of nitrogens with one attached hydrogen (secondary N) is 2. The number of amides is 4. The summed E-state index contributed by atoms with van der Waals surface area (Å²) >= 11 is 0. The summed E-state index contributed by atoms with van der Waals surface area (Å²) in [5.41, 5.74) is 0.162. The lowest BCUT2D eigenvalue weighted by Crippen LogP contribution is -2.45. The molecule has 154 valence electrons. The number of hydrogen-bond donors (Lipinski definition) is 3. The van der Waals surface area contributed by atoms with Gasteiger partial charge in [-0.3, -0.25) is 24.1 Å². The maximum atomic E-state index is 12.8. The van der Waals surface area contributed by atoms with Crippen LogP contribution >= 0.6 is 0 Å². The van der Waals surface area contributed by atoms with Crippen molar-refractivity contribution in [3.63, 3.8) is 0 Å². The second-order valence-electron chi connectivity index (χ2n) is 6.31. The molecule has 0 radical (unpaired) electrons. The number of aliphatic carboxylic acids is 1. The molecule has 0 bridgehead atoms. The van der Waals surface area contributed by atoms with Gasteiger partial charge in [0.1, 0.15) is 11.9 Å². The van der Waals surface area contributed by atoms with E-state index in [1.165, 1.54) is 24.3 Å². The highest BCUT2D eigenvalue weighted by Gasteiger charge is 2.23. The van der Waals surface area contributed by atoms with E-state index in [1.807, 2.05) is 0 Å². The summed E-state index contributed by atoms with van der Waals surface area (Å²) in [4.78, 5) is 59.0. The molecule has 1 aromatic carbocycles. The zero-order chi connectivity index (χ0) is 21.4. The summed E-state index contributed by atoms with van der Waals surface area (Å²) in [5.74, 6) is -3.84. The van der Waals surface area contributed by atoms with E-state index in [1.54, 1.807) is 0 Å². The minimum atomic E-state index is -1.24. The summed E-state index contributed by atoms with van der Waals surface area (Å²) in [5, 5.41) is 13.9. The van der Waals surface area contributed by atoms with Crippen LogP contribution in [0.25, 0.3) is 0 Å². The molecule has 0 fully saturated rings. The summed E-state index contributed by atoms with van der Waals surface area (Å²) in [6.07, 6.45) is 3.18. The zero-order valence-electron chi connectivity index (χ0n) is 15.4. The molecule has 3 N–H and O–H groups in total. The van der Waals surface area contributed by atoms with Gasteiger partial charge in [-0.2, -0.15) is 0 Å². The number of nitrogens with zero attached hydrogens (tertiary/aromatic N) is 1. The van der Waals surface area contributed by atoms with Crippen LogP contribution in [-0.4, -0.2) is 58.7 Å². The molecule has 1 atom stereocenters. The fraction of sp³-hybridized carbons (Fsp3) is 0.316. The van der Waals surface area contributed by atoms with Gasteiger partial charge < -0.3 is 15.7 Å². The zero-order valence-corrected chi connectivity index (χ0v) is 15.4. The number of halogens is 1. The van der Waals surface area contributed by atoms with E-state index in [4.69, 9.17) is 0 Å². The molecule has 1 aromatic rings. The number of hydrogen-bond acceptors (Lipinski definition) is 5. The number of imide groups is 1. The summed E-state index contributed by atoms with van der Waals surface area (Å²) in [7, 11) is 0. The monoisotopic (exact) mass is 405 g/mol. The fourth-order valence-corrected chi connectivity index (χ4v) is 2.64. The first-order valence-corrected chi connectivity index (χ1v) is 8.87. The normalized spacial score (nSPS) is 14.0. The van der Waals surface area contributed by atoms with Crippen LogP contribution in [0.1, 0.15) is 29.6 Å². The molecule has 0 spiro atoms. The molecular formula is C19H20FN3O6. The maximum absolute atomic E-state index is 12.8. The van der Waals surface area contributed by atoms with Crippen LogP contribution in [0.4, 0.5) is 4.39 Å². The molecule has 0 unspecified atom stereocenters. The second-order valence-corrected chi connectivity index (χ2v) is 6.31. The van der Waals surface area contributed by atoms with Gasteiger partial charge in [0.25, 0.3) is 17.7 Å². The van der Waals surface area contributed by atoms with Crippen molar-refractivity contribution in [3.8, 4) is 0 Å². The summed E-state index contributed by atoms with van der Waals surface area (Å²) < 4.78 is 12.8. The van der Waals surface area contributed by atoms with Crippen molar-refractivity contribution in [3.05, 3.63) is 47.8 Å². The number of benzene rings is 1. The van der Waals surface area contributed by atoms with Gasteiger partial charge in [0.15, 0.2) is 0 Å². The average molecular weight is 405 g/mol. The largest absolute Gasteiger partial charge is 0.480 e. The second kappa shape index (κ2) is 10.1. The van der Waals surface area contributed by atoms with Crippen molar-refractivity contribution in [1.29, 1.82) is 0 Å². The van der Waals surface area contributed by atoms with Crippen molar-refractivity contribution in [2.75, 3.05) is 13.1 Å². The Bertz CT molecular complexity index is 819. The fourth-order valence-electron chi connectivity index (χ4n) is 2.64. The van der Waals surface area contributed by atoms with Crippen molar-refractivity contribution < 1.29 is 33.5 Å². The molecule has 4 amide bonds. The molecule has 1 aliphatic heterocycles. The van der Waals surface area contributed by atoms with E-state index in [2.05, 4.69) is 10.6 Å². The molecule has 0 saturated carbocycles. The van der Waals surface area contributed by atoms with E-state index < -0.39 is 48.0 Å². The Morgan fingerprint density at radius 3 is 2.24 bits per heavy atom. The highest BCUT2D eigenvalue weighted by atomic mass is 19.1. The van der Waals surface area contributed by atoms with E-state index in [9.17, 15) is 33.5 Å². The molecule has 2 rings (SSSR count). The standard InChI is InChI=1S/C19H20FN3O6/c20-13-6-4-12(5-7-13)18(27)21-11-15(24)22-14(19(28)29)3-1-2-10-23-16(25)8-9-17(23)26/h4-9,14H,1-3,10-11H2,(H,21,27)(H,22,24)(H,28,29)/t14-/m0/s1. The smallest absolute Gasteiger partial charge is 0.326 e. The number of carbonyl (C=O) groups excluding carboxylic acids is 4. The van der Waals surface area contributed by atoms with Crippen molar-refractivity contribution in [2.24, 2.45) is 0 Å². The molecule has 0 aromatic heterocycles. The van der Waals surface area contributed by atoms with Crippen LogP contribution in [0.5, 0.6) is 0 Å². The Kier molecular flexibility index (Phi) is 7.58. The molecule has 10 heteroatoms. The predicted molar refractivity (Wildman–Crippen MR) is 98.0 cm³/mol. The predicted octanol–water partition coefficient (Wildman–Crippen LogP) is 0.220. The van der Waals surface area contributed by atoms with Gasteiger partial charge in [0.05, 0.1) is 6.54 Å². The first-order chi connectivity index (χ1) is 13.8. The average Bonchev–Trinajstić information content (AvgIpc) is 3.00. The highest BCUT2D eigenvalue weighted by Crippen LogP contribution is 2.08. The van der Waals surface area contributed by atoms with E-state index in [0.717, 1.165) is 17.0 Å². The van der Waals surface area contributed by atoms with Crippen LogP contribution in [0.2, 0.25) is 0 Å². The van der Waals surface area contributed by atoms with Gasteiger partial charge in [-0.25, -0.2) is 9.18 Å². The number of carbonyl (C=O) groups is 5. The van der Waals surface area contributed by atoms with Gasteiger partial charge in [-0.1, -0.05) is 0 Å². The van der Waals surface area contributed by atoms with E-state index in [0.29, 0.717) is 12.8 Å². The lowest BCUT2D eigenvalue weighted by atomic mass is 10.1. The lowest BCUT2D eigenvalue weighted by molar-refractivity contribution is -0.142. The Labute approximate surface area is 165 Å². The van der Waals surface area contributed by atoms with Crippen LogP contribution in [0, 0.1) is 5.82 Å². The third-order valence-electron chi connectivity index (χ3n) is 4.17. The quantitative estimate of drug-likeness (QED) is 0.377. The molecule has 0 aliphatic carbocycles. The van der Waals surface area contributed by atoms with Gasteiger partial charge in [0, 0.05) is 24.3 Å². The van der Waals surface area contributed by atoms with Crippen molar-refractivity contribution in [1.82, 2.24) is 15.5 Å². The number of carboxylic acids is 1. The Morgan fingerprint density at radius 1 is 1.03 bits per heavy atom. The summed E-state index contributed by atoms with van der Waals surface area (Å²) in [6, 6.07) is 3.55. The number of carboxylic acid groups (broad SMARTS) is 1. The van der Waals surface area contributed by atoms with Gasteiger partial charge in [-0.15, -0.1) is 0 Å². The van der Waals surface area contributed by atoms with Crippen LogP contribution in [0.15, 0.2) is 36.4 Å². The Hall–Kier alpha value is -3.56. The van der Waals surface area contributed by atoms with Crippen LogP contribution < -0.4 is 10.6 Å². The lowest BCUT2D eigenvalue weighted by Gasteiger charge is -2.16. The number of unbranched alkanes of at least 4 members (excludes halogenated alkanes) is 1. The molecule has 9 nitrogen and oxygen atoms in total. The first kappa shape index (κ1) is 21.7. The molecule has 0 saturated heterocycles. The molecule has 29 heavy (non-hydrogen) atoms. The molecule has 1 aliphatic rings. The van der Waals surface area contributed by atoms with Crippen molar-refractivity contribution in [2.45, 2.75) is 25.3 Å². The van der Waals surface area contributed by atoms with Gasteiger partial charge in [-0.05, 0) is 43.5 Å². The molecule has 1 heterocycles. The minimum absolute atomic E-state index is 0.0939. The maximum Gasteiger partial charge on any atom is 0.326 e. The number of rotatable bonds is 10. The SMILES string of the molecule is O=C(CNC(=O)c1ccc(F)cc1)N[C@@H](CCCCN1C(=O)C=CC1=O)C(=O)O. The Balaban J connectivity index is 1.73. The van der Waals surface area contributed by atoms with Gasteiger partial charge in [0.2, 0.25) is 5.91 Å². The summed E-state index contributed by atoms with van der Waals surface area (Å²) in [6.45, 7) is -0.277. The highest BCUT2D eigenvalue weighted by molar-refractivity contribution is 6.12. The first-order valence-electron chi connectivity index (χ1n) is 8.87.